The molecule has 0 unspecified atom stereocenters. The summed E-state index contributed by atoms with van der Waals surface area (Å²) in [5, 5.41) is 8.65. The van der Waals surface area contributed by atoms with Crippen molar-refractivity contribution in [3.8, 4) is 0 Å². The molecule has 0 bridgehead atoms. The van der Waals surface area contributed by atoms with Crippen LogP contribution in [-0.2, 0) is 9.59 Å². The number of carboxylic acid groups (broad SMARTS) is 1. The molecule has 0 aromatic heterocycles. The zero-order chi connectivity index (χ0) is 13.6. The molecule has 0 rings (SSSR count). The van der Waals surface area contributed by atoms with E-state index in [0.717, 1.165) is 6.42 Å². The number of aliphatic carboxylic acids is 1. The molecule has 0 saturated carbocycles. The van der Waals surface area contributed by atoms with E-state index in [-0.39, 0.29) is 23.8 Å². The SMILES string of the molecule is CC(C)N(CCC(=O)O)C(=O)CCC(C)(C)C. The van der Waals surface area contributed by atoms with Gasteiger partial charge in [0.2, 0.25) is 5.91 Å². The molecule has 17 heavy (non-hydrogen) atoms. The van der Waals surface area contributed by atoms with Gasteiger partial charge < -0.3 is 10.0 Å². The molecule has 0 aliphatic carbocycles. The molecule has 0 atom stereocenters. The standard InChI is InChI=1S/C13H25NO3/c1-10(2)14(9-7-12(16)17)11(15)6-8-13(3,4)5/h10H,6-9H2,1-5H3,(H,16,17). The highest BCUT2D eigenvalue weighted by Gasteiger charge is 2.20. The van der Waals surface area contributed by atoms with E-state index >= 15 is 0 Å². The lowest BCUT2D eigenvalue weighted by Gasteiger charge is -2.27. The van der Waals surface area contributed by atoms with Crippen LogP contribution in [0.4, 0.5) is 0 Å². The predicted molar refractivity (Wildman–Crippen MR) is 67.8 cm³/mol. The van der Waals surface area contributed by atoms with Gasteiger partial charge in [0.25, 0.3) is 0 Å². The maximum absolute atomic E-state index is 12.0. The van der Waals surface area contributed by atoms with Crippen molar-refractivity contribution >= 4 is 11.9 Å². The number of carbonyl (C=O) groups excluding carboxylic acids is 1. The summed E-state index contributed by atoms with van der Waals surface area (Å²) in [6, 6.07) is 0.0572. The van der Waals surface area contributed by atoms with E-state index < -0.39 is 5.97 Å². The Morgan fingerprint density at radius 1 is 1.18 bits per heavy atom. The highest BCUT2D eigenvalue weighted by Crippen LogP contribution is 2.21. The topological polar surface area (TPSA) is 57.6 Å². The normalized spacial score (nSPS) is 11.6. The first kappa shape index (κ1) is 15.9. The third kappa shape index (κ3) is 7.77. The second-order valence-electron chi connectivity index (χ2n) is 5.89. The average molecular weight is 243 g/mol. The zero-order valence-corrected chi connectivity index (χ0v) is 11.6. The van der Waals surface area contributed by atoms with Gasteiger partial charge in [-0.05, 0) is 25.7 Å². The van der Waals surface area contributed by atoms with Gasteiger partial charge in [-0.15, -0.1) is 0 Å². The fraction of sp³-hybridized carbons (Fsp3) is 0.846. The minimum absolute atomic E-state index is 0.0133. The minimum Gasteiger partial charge on any atom is -0.481 e. The van der Waals surface area contributed by atoms with Crippen LogP contribution in [0.5, 0.6) is 0 Å². The summed E-state index contributed by atoms with van der Waals surface area (Å²) in [5.41, 5.74) is 0.130. The van der Waals surface area contributed by atoms with Crippen LogP contribution in [0, 0.1) is 5.41 Å². The number of nitrogens with zero attached hydrogens (tertiary/aromatic N) is 1. The number of hydrogen-bond donors (Lipinski definition) is 1. The molecule has 0 heterocycles. The lowest BCUT2D eigenvalue weighted by molar-refractivity contribution is -0.139. The first-order valence-electron chi connectivity index (χ1n) is 6.15. The van der Waals surface area contributed by atoms with Crippen molar-refractivity contribution in [1.29, 1.82) is 0 Å². The highest BCUT2D eigenvalue weighted by molar-refractivity contribution is 5.77. The Kier molecular flexibility index (Phi) is 6.21. The second-order valence-corrected chi connectivity index (χ2v) is 5.89. The van der Waals surface area contributed by atoms with Crippen LogP contribution in [0.1, 0.15) is 53.9 Å². The Labute approximate surface area is 104 Å². The molecular weight excluding hydrogens is 218 g/mol. The van der Waals surface area contributed by atoms with E-state index in [1.165, 1.54) is 0 Å². The van der Waals surface area contributed by atoms with Gasteiger partial charge in [-0.2, -0.15) is 0 Å². The smallest absolute Gasteiger partial charge is 0.305 e. The van der Waals surface area contributed by atoms with E-state index in [0.29, 0.717) is 13.0 Å². The monoisotopic (exact) mass is 243 g/mol. The molecular formula is C13H25NO3. The van der Waals surface area contributed by atoms with Crippen LogP contribution in [0.25, 0.3) is 0 Å². The fourth-order valence-electron chi connectivity index (χ4n) is 1.51. The quantitative estimate of drug-likeness (QED) is 0.780. The van der Waals surface area contributed by atoms with Crippen molar-refractivity contribution in [2.75, 3.05) is 6.54 Å². The fourth-order valence-corrected chi connectivity index (χ4v) is 1.51. The van der Waals surface area contributed by atoms with Crippen molar-refractivity contribution in [3.63, 3.8) is 0 Å². The van der Waals surface area contributed by atoms with Crippen molar-refractivity contribution < 1.29 is 14.7 Å². The average Bonchev–Trinajstić information content (AvgIpc) is 2.12. The van der Waals surface area contributed by atoms with Crippen LogP contribution >= 0.6 is 0 Å². The number of amides is 1. The van der Waals surface area contributed by atoms with Gasteiger partial charge in [-0.3, -0.25) is 9.59 Å². The van der Waals surface area contributed by atoms with Crippen molar-refractivity contribution in [1.82, 2.24) is 4.90 Å². The van der Waals surface area contributed by atoms with Crippen molar-refractivity contribution in [2.45, 2.75) is 59.9 Å². The van der Waals surface area contributed by atoms with Gasteiger partial charge in [-0.25, -0.2) is 0 Å². The van der Waals surface area contributed by atoms with Gasteiger partial charge in [0, 0.05) is 19.0 Å². The first-order valence-corrected chi connectivity index (χ1v) is 6.15. The summed E-state index contributed by atoms with van der Waals surface area (Å²) in [6.45, 7) is 10.4. The van der Waals surface area contributed by atoms with Crippen LogP contribution in [0.15, 0.2) is 0 Å². The lowest BCUT2D eigenvalue weighted by Crippen LogP contribution is -2.38. The van der Waals surface area contributed by atoms with Gasteiger partial charge in [0.1, 0.15) is 0 Å². The van der Waals surface area contributed by atoms with Crippen molar-refractivity contribution in [2.24, 2.45) is 5.41 Å². The number of rotatable bonds is 6. The molecule has 0 aliphatic rings. The molecule has 4 heteroatoms. The Bertz CT molecular complexity index is 266. The minimum atomic E-state index is -0.862. The number of hydrogen-bond acceptors (Lipinski definition) is 2. The molecule has 0 spiro atoms. The lowest BCUT2D eigenvalue weighted by atomic mass is 9.90. The molecule has 0 aromatic carbocycles. The van der Waals surface area contributed by atoms with Gasteiger partial charge in [0.15, 0.2) is 0 Å². The maximum Gasteiger partial charge on any atom is 0.305 e. The predicted octanol–water partition coefficient (Wildman–Crippen LogP) is 2.52. The Balaban J connectivity index is 4.30. The molecule has 0 saturated heterocycles. The largest absolute Gasteiger partial charge is 0.481 e. The Morgan fingerprint density at radius 2 is 1.71 bits per heavy atom. The molecule has 1 amide bonds. The molecule has 0 fully saturated rings. The molecule has 0 aromatic rings. The summed E-state index contributed by atoms with van der Waals surface area (Å²) in [5.74, 6) is -0.810. The van der Waals surface area contributed by atoms with Gasteiger partial charge in [0.05, 0.1) is 6.42 Å². The summed E-state index contributed by atoms with van der Waals surface area (Å²) in [7, 11) is 0. The van der Waals surface area contributed by atoms with Crippen LogP contribution < -0.4 is 0 Å². The summed E-state index contributed by atoms with van der Waals surface area (Å²) in [4.78, 5) is 24.2. The Morgan fingerprint density at radius 3 is 2.06 bits per heavy atom. The summed E-state index contributed by atoms with van der Waals surface area (Å²) < 4.78 is 0. The summed E-state index contributed by atoms with van der Waals surface area (Å²) >= 11 is 0. The van der Waals surface area contributed by atoms with E-state index in [1.54, 1.807) is 4.90 Å². The van der Waals surface area contributed by atoms with Gasteiger partial charge in [-0.1, -0.05) is 20.8 Å². The third-order valence-corrected chi connectivity index (χ3v) is 2.60. The molecule has 0 radical (unpaired) electrons. The second kappa shape index (κ2) is 6.62. The maximum atomic E-state index is 12.0. The molecule has 1 N–H and O–H groups in total. The molecule has 0 aliphatic heterocycles. The first-order chi connectivity index (χ1) is 7.63. The van der Waals surface area contributed by atoms with Gasteiger partial charge >= 0.3 is 5.97 Å². The zero-order valence-electron chi connectivity index (χ0n) is 11.6. The van der Waals surface area contributed by atoms with Crippen LogP contribution in [0.3, 0.4) is 0 Å². The number of carbonyl (C=O) groups is 2. The Hall–Kier alpha value is -1.06. The number of carboxylic acids is 1. The highest BCUT2D eigenvalue weighted by atomic mass is 16.4. The summed E-state index contributed by atoms with van der Waals surface area (Å²) in [6.07, 6.45) is 1.32. The molecule has 4 nitrogen and oxygen atoms in total. The third-order valence-electron chi connectivity index (χ3n) is 2.60. The van der Waals surface area contributed by atoms with Crippen LogP contribution in [-0.4, -0.2) is 34.5 Å². The van der Waals surface area contributed by atoms with E-state index in [9.17, 15) is 9.59 Å². The van der Waals surface area contributed by atoms with Crippen LogP contribution in [0.2, 0.25) is 0 Å². The molecule has 100 valence electrons. The van der Waals surface area contributed by atoms with E-state index in [4.69, 9.17) is 5.11 Å². The van der Waals surface area contributed by atoms with Crippen molar-refractivity contribution in [3.05, 3.63) is 0 Å². The van der Waals surface area contributed by atoms with E-state index in [2.05, 4.69) is 20.8 Å². The van der Waals surface area contributed by atoms with E-state index in [1.807, 2.05) is 13.8 Å².